The van der Waals surface area contributed by atoms with Crippen molar-refractivity contribution in [2.75, 3.05) is 13.2 Å². The highest BCUT2D eigenvalue weighted by atomic mass is 79.9. The van der Waals surface area contributed by atoms with Crippen molar-refractivity contribution in [3.05, 3.63) is 28.5 Å². The van der Waals surface area contributed by atoms with E-state index in [0.717, 1.165) is 0 Å². The summed E-state index contributed by atoms with van der Waals surface area (Å²) in [6.07, 6.45) is -0.579. The predicted octanol–water partition coefficient (Wildman–Crippen LogP) is 2.12. The van der Waals surface area contributed by atoms with Crippen molar-refractivity contribution in [2.45, 2.75) is 18.6 Å². The third-order valence-corrected chi connectivity index (χ3v) is 2.93. The van der Waals surface area contributed by atoms with E-state index < -0.39 is 18.0 Å². The van der Waals surface area contributed by atoms with Gasteiger partial charge in [0, 0.05) is 17.5 Å². The number of hydrogen-bond acceptors (Lipinski definition) is 3. The normalized spacial score (nSPS) is 25.4. The second-order valence-corrected chi connectivity index (χ2v) is 4.58. The third-order valence-electron chi connectivity index (χ3n) is 2.44. The van der Waals surface area contributed by atoms with Gasteiger partial charge in [-0.25, -0.2) is 4.39 Å². The lowest BCUT2D eigenvalue weighted by Gasteiger charge is -2.28. The molecule has 0 unspecified atom stereocenters. The molecule has 0 spiro atoms. The molecule has 0 radical (unpaired) electrons. The zero-order valence-corrected chi connectivity index (χ0v) is 10.1. The first kappa shape index (κ1) is 11.8. The average Bonchev–Trinajstić information content (AvgIpc) is 2.25. The van der Waals surface area contributed by atoms with Crippen molar-refractivity contribution in [3.8, 4) is 5.75 Å². The molecule has 16 heavy (non-hydrogen) atoms. The van der Waals surface area contributed by atoms with Crippen LogP contribution < -0.4 is 4.74 Å². The Hall–Kier alpha value is -0.650. The van der Waals surface area contributed by atoms with Crippen LogP contribution in [0.1, 0.15) is 6.42 Å². The molecule has 3 nitrogen and oxygen atoms in total. The second-order valence-electron chi connectivity index (χ2n) is 3.66. The first-order valence-corrected chi connectivity index (χ1v) is 5.83. The number of ether oxygens (including phenoxy) is 2. The van der Waals surface area contributed by atoms with Crippen LogP contribution in [0.15, 0.2) is 22.7 Å². The number of halogens is 2. The summed E-state index contributed by atoms with van der Waals surface area (Å²) in [7, 11) is 0. The highest BCUT2D eigenvalue weighted by Crippen LogP contribution is 2.24. The van der Waals surface area contributed by atoms with Crippen molar-refractivity contribution in [3.63, 3.8) is 0 Å². The zero-order valence-electron chi connectivity index (χ0n) is 8.53. The van der Waals surface area contributed by atoms with Crippen LogP contribution in [0.3, 0.4) is 0 Å². The Morgan fingerprint density at radius 2 is 2.31 bits per heavy atom. The summed E-state index contributed by atoms with van der Waals surface area (Å²) in [5.41, 5.74) is 0. The Labute approximate surface area is 101 Å². The molecule has 1 aliphatic heterocycles. The van der Waals surface area contributed by atoms with Crippen LogP contribution in [0, 0.1) is 5.82 Å². The Bertz CT molecular complexity index is 372. The van der Waals surface area contributed by atoms with E-state index in [1.807, 2.05) is 0 Å². The van der Waals surface area contributed by atoms with E-state index in [0.29, 0.717) is 17.5 Å². The van der Waals surface area contributed by atoms with Crippen LogP contribution in [-0.2, 0) is 4.74 Å². The molecule has 5 heteroatoms. The molecule has 2 atom stereocenters. The number of benzene rings is 1. The Balaban J connectivity index is 2.07. The molecule has 1 fully saturated rings. The quantitative estimate of drug-likeness (QED) is 0.907. The van der Waals surface area contributed by atoms with Crippen LogP contribution >= 0.6 is 15.9 Å². The number of rotatable bonds is 2. The molecule has 0 amide bonds. The molecule has 1 N–H and O–H groups in total. The van der Waals surface area contributed by atoms with E-state index in [-0.39, 0.29) is 12.4 Å². The predicted molar refractivity (Wildman–Crippen MR) is 60.0 cm³/mol. The highest BCUT2D eigenvalue weighted by molar-refractivity contribution is 9.10. The van der Waals surface area contributed by atoms with Gasteiger partial charge in [-0.3, -0.25) is 0 Å². The van der Waals surface area contributed by atoms with Gasteiger partial charge < -0.3 is 14.6 Å². The minimum Gasteiger partial charge on any atom is -0.482 e. The van der Waals surface area contributed by atoms with E-state index in [2.05, 4.69) is 15.9 Å². The molecular formula is C11H12BrFO3. The molecule has 1 saturated heterocycles. The molecule has 1 heterocycles. The first-order chi connectivity index (χ1) is 7.66. The van der Waals surface area contributed by atoms with Crippen LogP contribution in [0.2, 0.25) is 0 Å². The smallest absolute Gasteiger partial charge is 0.166 e. The minimum atomic E-state index is -0.600. The summed E-state index contributed by atoms with van der Waals surface area (Å²) in [5.74, 6) is -0.315. The number of aliphatic hydroxyl groups is 1. The van der Waals surface area contributed by atoms with Gasteiger partial charge in [-0.05, 0) is 18.2 Å². The van der Waals surface area contributed by atoms with Gasteiger partial charge in [0.25, 0.3) is 0 Å². The van der Waals surface area contributed by atoms with Gasteiger partial charge in [0.15, 0.2) is 11.6 Å². The molecule has 1 aromatic rings. The molecule has 0 saturated carbocycles. The van der Waals surface area contributed by atoms with Gasteiger partial charge in [0.05, 0.1) is 12.7 Å². The molecule has 0 aromatic heterocycles. The lowest BCUT2D eigenvalue weighted by atomic mass is 10.1. The van der Waals surface area contributed by atoms with E-state index in [1.54, 1.807) is 6.07 Å². The third kappa shape index (κ3) is 2.72. The Morgan fingerprint density at radius 1 is 1.50 bits per heavy atom. The van der Waals surface area contributed by atoms with E-state index in [4.69, 9.17) is 9.47 Å². The van der Waals surface area contributed by atoms with Gasteiger partial charge in [-0.1, -0.05) is 15.9 Å². The summed E-state index contributed by atoms with van der Waals surface area (Å²) in [4.78, 5) is 0. The maximum absolute atomic E-state index is 13.5. The zero-order chi connectivity index (χ0) is 11.5. The van der Waals surface area contributed by atoms with E-state index in [1.165, 1.54) is 12.1 Å². The SMILES string of the molecule is O[C@@H]1CCOC[C@H]1Oc1ccc(Br)cc1F. The maximum Gasteiger partial charge on any atom is 0.166 e. The molecule has 0 aliphatic carbocycles. The van der Waals surface area contributed by atoms with Crippen molar-refractivity contribution in [2.24, 2.45) is 0 Å². The van der Waals surface area contributed by atoms with Crippen LogP contribution in [0.4, 0.5) is 4.39 Å². The summed E-state index contributed by atoms with van der Waals surface area (Å²) in [6, 6.07) is 4.54. The van der Waals surface area contributed by atoms with E-state index in [9.17, 15) is 9.50 Å². The number of aliphatic hydroxyl groups excluding tert-OH is 1. The Kier molecular flexibility index (Phi) is 3.78. The minimum absolute atomic E-state index is 0.137. The standard InChI is InChI=1S/C11H12BrFO3/c12-7-1-2-10(8(13)5-7)16-11-6-15-4-3-9(11)14/h1-2,5,9,11,14H,3-4,6H2/t9-,11-/m1/s1. The summed E-state index contributed by atoms with van der Waals surface area (Å²) < 4.78 is 24.7. The highest BCUT2D eigenvalue weighted by Gasteiger charge is 2.26. The van der Waals surface area contributed by atoms with Gasteiger partial charge in [-0.2, -0.15) is 0 Å². The fourth-order valence-electron chi connectivity index (χ4n) is 1.55. The maximum atomic E-state index is 13.5. The van der Waals surface area contributed by atoms with Crippen molar-refractivity contribution < 1.29 is 19.0 Å². The summed E-state index contributed by atoms with van der Waals surface area (Å²) >= 11 is 3.16. The van der Waals surface area contributed by atoms with Gasteiger partial charge >= 0.3 is 0 Å². The summed E-state index contributed by atoms with van der Waals surface area (Å²) in [6.45, 7) is 0.806. The average molecular weight is 291 g/mol. The first-order valence-electron chi connectivity index (χ1n) is 5.04. The lowest BCUT2D eigenvalue weighted by molar-refractivity contribution is -0.0745. The lowest BCUT2D eigenvalue weighted by Crippen LogP contribution is -2.41. The molecule has 88 valence electrons. The van der Waals surface area contributed by atoms with Crippen molar-refractivity contribution in [1.82, 2.24) is 0 Å². The monoisotopic (exact) mass is 290 g/mol. The van der Waals surface area contributed by atoms with E-state index >= 15 is 0 Å². The Morgan fingerprint density at radius 3 is 3.00 bits per heavy atom. The molecule has 1 aliphatic rings. The topological polar surface area (TPSA) is 38.7 Å². The molecular weight excluding hydrogens is 279 g/mol. The molecule has 1 aromatic carbocycles. The number of hydrogen-bond donors (Lipinski definition) is 1. The molecule has 0 bridgehead atoms. The molecule has 2 rings (SSSR count). The van der Waals surface area contributed by atoms with Crippen LogP contribution in [-0.4, -0.2) is 30.5 Å². The fourth-order valence-corrected chi connectivity index (χ4v) is 1.88. The van der Waals surface area contributed by atoms with Crippen LogP contribution in [0.5, 0.6) is 5.75 Å². The summed E-state index contributed by atoms with van der Waals surface area (Å²) in [5, 5.41) is 9.64. The second kappa shape index (κ2) is 5.12. The van der Waals surface area contributed by atoms with Gasteiger partial charge in [-0.15, -0.1) is 0 Å². The van der Waals surface area contributed by atoms with Gasteiger partial charge in [0.2, 0.25) is 0 Å². The fraction of sp³-hybridized carbons (Fsp3) is 0.455. The van der Waals surface area contributed by atoms with Crippen LogP contribution in [0.25, 0.3) is 0 Å². The van der Waals surface area contributed by atoms with Crippen molar-refractivity contribution in [1.29, 1.82) is 0 Å². The van der Waals surface area contributed by atoms with Crippen molar-refractivity contribution >= 4 is 15.9 Å². The van der Waals surface area contributed by atoms with Gasteiger partial charge in [0.1, 0.15) is 6.10 Å². The largest absolute Gasteiger partial charge is 0.482 e.